The fraction of sp³-hybridized carbons (Fsp3) is 0.765. The first-order valence-electron chi connectivity index (χ1n) is 9.01. The highest BCUT2D eigenvalue weighted by molar-refractivity contribution is 6.84. The smallest absolute Gasteiger partial charge is 0.453 e. The standard InChI is InChI=1S/C17H29F5O5Si2/c1-13(15(24)26-11-12-29(5,6)27-28(2,3)4)7-8-14(23)25-10-9-16(18,19)17(20,21)22/h1,7-12H2,2-6H3. The third kappa shape index (κ3) is 12.1. The van der Waals surface area contributed by atoms with Gasteiger partial charge < -0.3 is 13.6 Å². The minimum absolute atomic E-state index is 0.0202. The highest BCUT2D eigenvalue weighted by atomic mass is 28.4. The summed E-state index contributed by atoms with van der Waals surface area (Å²) >= 11 is 0. The first-order valence-corrected chi connectivity index (χ1v) is 15.5. The van der Waals surface area contributed by atoms with Gasteiger partial charge in [-0.05, 0) is 45.2 Å². The fourth-order valence-electron chi connectivity index (χ4n) is 2.23. The molecule has 0 aromatic rings. The maximum atomic E-state index is 12.7. The SMILES string of the molecule is C=C(CCC(=O)OCCC(F)(F)C(F)(F)F)C(=O)OCC[Si](C)(C)O[Si](C)(C)C. The number of hydrogen-bond acceptors (Lipinski definition) is 5. The van der Waals surface area contributed by atoms with E-state index in [4.69, 9.17) is 8.85 Å². The lowest BCUT2D eigenvalue weighted by Crippen LogP contribution is -2.43. The zero-order valence-electron chi connectivity index (χ0n) is 17.4. The summed E-state index contributed by atoms with van der Waals surface area (Å²) in [6, 6.07) is 0.589. The van der Waals surface area contributed by atoms with Crippen molar-refractivity contribution in [3.8, 4) is 0 Å². The molecule has 0 amide bonds. The van der Waals surface area contributed by atoms with Crippen molar-refractivity contribution in [3.05, 3.63) is 12.2 Å². The van der Waals surface area contributed by atoms with Crippen LogP contribution >= 0.6 is 0 Å². The highest BCUT2D eigenvalue weighted by Crippen LogP contribution is 2.37. The average molecular weight is 465 g/mol. The molecule has 0 aromatic carbocycles. The van der Waals surface area contributed by atoms with Crippen LogP contribution in [0.3, 0.4) is 0 Å². The molecule has 0 spiro atoms. The molecule has 0 N–H and O–H groups in total. The Labute approximate surface area is 169 Å². The summed E-state index contributed by atoms with van der Waals surface area (Å²) in [6.45, 7) is 12.8. The van der Waals surface area contributed by atoms with Gasteiger partial charge in [-0.25, -0.2) is 4.79 Å². The molecule has 29 heavy (non-hydrogen) atoms. The lowest BCUT2D eigenvalue weighted by atomic mass is 10.1. The van der Waals surface area contributed by atoms with Crippen molar-refractivity contribution in [1.82, 2.24) is 0 Å². The van der Waals surface area contributed by atoms with Crippen molar-refractivity contribution in [2.75, 3.05) is 13.2 Å². The minimum Gasteiger partial charge on any atom is -0.465 e. The lowest BCUT2D eigenvalue weighted by molar-refractivity contribution is -0.286. The molecule has 0 aromatic heterocycles. The van der Waals surface area contributed by atoms with Crippen LogP contribution in [0.4, 0.5) is 22.0 Å². The van der Waals surface area contributed by atoms with Crippen LogP contribution in [0, 0.1) is 0 Å². The van der Waals surface area contributed by atoms with E-state index >= 15 is 0 Å². The molecule has 0 rings (SSSR count). The van der Waals surface area contributed by atoms with E-state index in [1.54, 1.807) is 0 Å². The van der Waals surface area contributed by atoms with Crippen LogP contribution in [0.25, 0.3) is 0 Å². The quantitative estimate of drug-likeness (QED) is 0.175. The van der Waals surface area contributed by atoms with Crippen LogP contribution in [0.1, 0.15) is 19.3 Å². The van der Waals surface area contributed by atoms with Gasteiger partial charge in [0, 0.05) is 12.0 Å². The molecule has 0 aliphatic heterocycles. The van der Waals surface area contributed by atoms with E-state index in [0.29, 0.717) is 6.04 Å². The first-order chi connectivity index (χ1) is 12.9. The van der Waals surface area contributed by atoms with Gasteiger partial charge in [0.15, 0.2) is 16.6 Å². The van der Waals surface area contributed by atoms with E-state index in [2.05, 4.69) is 31.0 Å². The molecule has 0 bridgehead atoms. The van der Waals surface area contributed by atoms with Gasteiger partial charge >= 0.3 is 24.0 Å². The molecule has 0 unspecified atom stereocenters. The van der Waals surface area contributed by atoms with Gasteiger partial charge in [0.2, 0.25) is 0 Å². The van der Waals surface area contributed by atoms with E-state index in [9.17, 15) is 31.5 Å². The maximum absolute atomic E-state index is 12.7. The van der Waals surface area contributed by atoms with Crippen molar-refractivity contribution in [2.24, 2.45) is 0 Å². The number of esters is 2. The molecule has 0 radical (unpaired) electrons. The largest absolute Gasteiger partial charge is 0.465 e. The topological polar surface area (TPSA) is 61.8 Å². The molecule has 0 heterocycles. The zero-order chi connectivity index (χ0) is 23.1. The monoisotopic (exact) mass is 464 g/mol. The number of ether oxygens (including phenoxy) is 2. The van der Waals surface area contributed by atoms with Crippen LogP contribution in [-0.4, -0.2) is 53.9 Å². The van der Waals surface area contributed by atoms with Crippen molar-refractivity contribution < 1.29 is 45.1 Å². The molecule has 170 valence electrons. The Balaban J connectivity index is 4.18. The molecule has 5 nitrogen and oxygen atoms in total. The maximum Gasteiger partial charge on any atom is 0.453 e. The zero-order valence-corrected chi connectivity index (χ0v) is 19.4. The number of carbonyl (C=O) groups excluding carboxylic acids is 2. The van der Waals surface area contributed by atoms with E-state index < -0.39 is 53.7 Å². The Kier molecular flexibility index (Phi) is 10.2. The summed E-state index contributed by atoms with van der Waals surface area (Å²) in [5.41, 5.74) is -0.0202. The molecule has 0 fully saturated rings. The Bertz CT molecular complexity index is 586. The molecule has 0 atom stereocenters. The van der Waals surface area contributed by atoms with Gasteiger partial charge in [-0.15, -0.1) is 0 Å². The summed E-state index contributed by atoms with van der Waals surface area (Å²) in [5, 5.41) is 0. The van der Waals surface area contributed by atoms with Crippen molar-refractivity contribution >= 4 is 28.6 Å². The van der Waals surface area contributed by atoms with Crippen LogP contribution in [0.15, 0.2) is 12.2 Å². The predicted octanol–water partition coefficient (Wildman–Crippen LogP) is 5.05. The molecule has 12 heteroatoms. The minimum atomic E-state index is -5.70. The van der Waals surface area contributed by atoms with Crippen LogP contribution in [0.2, 0.25) is 38.8 Å². The Hall–Kier alpha value is -1.28. The predicted molar refractivity (Wildman–Crippen MR) is 103 cm³/mol. The molecular formula is C17H29F5O5Si2. The second-order valence-electron chi connectivity index (χ2n) is 8.14. The normalized spacial score (nSPS) is 13.2. The number of rotatable bonds is 12. The van der Waals surface area contributed by atoms with Crippen molar-refractivity contribution in [3.63, 3.8) is 0 Å². The van der Waals surface area contributed by atoms with Crippen LogP contribution < -0.4 is 0 Å². The van der Waals surface area contributed by atoms with Gasteiger partial charge in [-0.1, -0.05) is 6.58 Å². The Morgan fingerprint density at radius 2 is 1.45 bits per heavy atom. The number of hydrogen-bond donors (Lipinski definition) is 0. The van der Waals surface area contributed by atoms with Gasteiger partial charge in [-0.3, -0.25) is 4.79 Å². The van der Waals surface area contributed by atoms with Gasteiger partial charge in [-0.2, -0.15) is 22.0 Å². The number of carbonyl (C=O) groups is 2. The van der Waals surface area contributed by atoms with Crippen LogP contribution in [0.5, 0.6) is 0 Å². The van der Waals surface area contributed by atoms with Crippen molar-refractivity contribution in [2.45, 2.75) is 70.1 Å². The summed E-state index contributed by atoms with van der Waals surface area (Å²) in [6.07, 6.45) is -7.90. The van der Waals surface area contributed by atoms with E-state index in [0.717, 1.165) is 0 Å². The molecule has 0 aliphatic carbocycles. The second-order valence-corrected chi connectivity index (χ2v) is 17.2. The third-order valence-electron chi connectivity index (χ3n) is 3.53. The molecular weight excluding hydrogens is 435 g/mol. The third-order valence-corrected chi connectivity index (χ3v) is 9.60. The molecule has 0 saturated heterocycles. The van der Waals surface area contributed by atoms with E-state index in [-0.39, 0.29) is 25.0 Å². The Morgan fingerprint density at radius 3 is 1.93 bits per heavy atom. The summed E-state index contributed by atoms with van der Waals surface area (Å²) in [4.78, 5) is 23.3. The summed E-state index contributed by atoms with van der Waals surface area (Å²) < 4.78 is 77.0. The van der Waals surface area contributed by atoms with Crippen LogP contribution in [-0.2, 0) is 23.2 Å². The number of alkyl halides is 5. The fourth-order valence-corrected chi connectivity index (χ4v) is 9.87. The van der Waals surface area contributed by atoms with Crippen molar-refractivity contribution in [1.29, 1.82) is 0 Å². The average Bonchev–Trinajstić information content (AvgIpc) is 2.48. The highest BCUT2D eigenvalue weighted by Gasteiger charge is 2.56. The summed E-state index contributed by atoms with van der Waals surface area (Å²) in [5.74, 6) is -6.65. The van der Waals surface area contributed by atoms with E-state index in [1.165, 1.54) is 0 Å². The van der Waals surface area contributed by atoms with Gasteiger partial charge in [0.1, 0.15) is 0 Å². The second kappa shape index (κ2) is 10.7. The van der Waals surface area contributed by atoms with Gasteiger partial charge in [0.05, 0.1) is 19.6 Å². The first kappa shape index (κ1) is 27.7. The van der Waals surface area contributed by atoms with E-state index in [1.807, 2.05) is 13.1 Å². The Morgan fingerprint density at radius 1 is 0.897 bits per heavy atom. The number of halogens is 5. The molecule has 0 aliphatic rings. The lowest BCUT2D eigenvalue weighted by Gasteiger charge is -2.31. The summed E-state index contributed by atoms with van der Waals surface area (Å²) in [7, 11) is -3.69. The van der Waals surface area contributed by atoms with Gasteiger partial charge in [0.25, 0.3) is 0 Å². The molecule has 0 saturated carbocycles.